The highest BCUT2D eigenvalue weighted by molar-refractivity contribution is 7.90. The number of sulfonamides is 1. The smallest absolute Gasteiger partial charge is 0.264 e. The van der Waals surface area contributed by atoms with Crippen molar-refractivity contribution in [2.75, 3.05) is 24.6 Å². The van der Waals surface area contributed by atoms with Crippen LogP contribution in [0.5, 0.6) is 5.75 Å². The summed E-state index contributed by atoms with van der Waals surface area (Å²) < 4.78 is 36.4. The minimum atomic E-state index is -3.93. The quantitative estimate of drug-likeness (QED) is 0.391. The van der Waals surface area contributed by atoms with Gasteiger partial charge in [0, 0.05) is 29.1 Å². The first kappa shape index (κ1) is 30.1. The van der Waals surface area contributed by atoms with E-state index in [4.69, 9.17) is 16.3 Å². The number of aryl methyl sites for hydroxylation is 1. The maximum atomic E-state index is 13.7. The van der Waals surface area contributed by atoms with Crippen LogP contribution in [0.1, 0.15) is 79.8 Å². The SMILES string of the molecule is C[C@@H]1C/C=C/C(O)C2CCC2CN2C[C@@]3(CCCc4cc(Cl)ccc43)COc3ccc(cc32)C(=O)NS(=O)(=O)C1CC1CC1. The van der Waals surface area contributed by atoms with Gasteiger partial charge in [0.1, 0.15) is 5.75 Å². The van der Waals surface area contributed by atoms with Gasteiger partial charge in [-0.1, -0.05) is 49.6 Å². The van der Waals surface area contributed by atoms with Crippen LogP contribution in [0.2, 0.25) is 5.02 Å². The Balaban J connectivity index is 1.28. The Hall–Kier alpha value is -2.55. The summed E-state index contributed by atoms with van der Waals surface area (Å²) in [4.78, 5) is 15.9. The van der Waals surface area contributed by atoms with Crippen molar-refractivity contribution in [1.82, 2.24) is 4.72 Å². The zero-order valence-electron chi connectivity index (χ0n) is 25.4. The molecule has 2 aromatic carbocycles. The molecule has 7 rings (SSSR count). The Bertz CT molecular complexity index is 1570. The number of hydrogen-bond acceptors (Lipinski definition) is 6. The van der Waals surface area contributed by atoms with Crippen molar-refractivity contribution in [1.29, 1.82) is 0 Å². The van der Waals surface area contributed by atoms with E-state index in [1.807, 2.05) is 31.2 Å². The lowest BCUT2D eigenvalue weighted by molar-refractivity contribution is 0.0455. The molecule has 5 aliphatic rings. The molecule has 4 unspecified atom stereocenters. The van der Waals surface area contributed by atoms with Crippen molar-refractivity contribution in [3.05, 3.63) is 70.3 Å². The molecule has 6 atom stereocenters. The summed E-state index contributed by atoms with van der Waals surface area (Å²) in [6.45, 7) is 3.87. The Morgan fingerprint density at radius 1 is 1.14 bits per heavy atom. The number of carbonyl (C=O) groups is 1. The lowest BCUT2D eigenvalue weighted by atomic mass is 9.68. The predicted octanol–water partition coefficient (Wildman–Crippen LogP) is 6.02. The number of nitrogens with zero attached hydrogens (tertiary/aromatic N) is 1. The van der Waals surface area contributed by atoms with Gasteiger partial charge in [-0.15, -0.1) is 0 Å². The molecule has 0 radical (unpaired) electrons. The normalized spacial score (nSPS) is 34.0. The van der Waals surface area contributed by atoms with Crippen LogP contribution in [-0.4, -0.2) is 50.5 Å². The van der Waals surface area contributed by atoms with Crippen LogP contribution >= 0.6 is 11.6 Å². The number of hydrogen-bond donors (Lipinski definition) is 2. The van der Waals surface area contributed by atoms with Crippen LogP contribution in [0, 0.1) is 23.7 Å². The lowest BCUT2D eigenvalue weighted by Crippen LogP contribution is -2.49. The highest BCUT2D eigenvalue weighted by Crippen LogP contribution is 2.47. The van der Waals surface area contributed by atoms with E-state index >= 15 is 0 Å². The molecular formula is C35H43ClN2O5S. The van der Waals surface area contributed by atoms with Gasteiger partial charge >= 0.3 is 0 Å². The zero-order valence-corrected chi connectivity index (χ0v) is 27.0. The molecule has 2 aliphatic heterocycles. The van der Waals surface area contributed by atoms with Gasteiger partial charge in [0.2, 0.25) is 10.0 Å². The number of allylic oxidation sites excluding steroid dienone is 1. The van der Waals surface area contributed by atoms with Gasteiger partial charge in [-0.25, -0.2) is 13.1 Å². The number of fused-ring (bicyclic) bond motifs is 4. The first-order valence-corrected chi connectivity index (χ1v) is 18.3. The summed E-state index contributed by atoms with van der Waals surface area (Å²) in [6, 6.07) is 11.5. The molecule has 7 nitrogen and oxygen atoms in total. The van der Waals surface area contributed by atoms with Crippen molar-refractivity contribution in [3.8, 4) is 5.75 Å². The highest BCUT2D eigenvalue weighted by Gasteiger charge is 2.44. The van der Waals surface area contributed by atoms with Gasteiger partial charge in [-0.05, 0) is 110 Å². The maximum absolute atomic E-state index is 13.7. The van der Waals surface area contributed by atoms with Crippen LogP contribution in [0.4, 0.5) is 5.69 Å². The van der Waals surface area contributed by atoms with Crippen molar-refractivity contribution in [2.24, 2.45) is 23.7 Å². The second-order valence-electron chi connectivity index (χ2n) is 14.1. The molecule has 1 amide bonds. The number of benzene rings is 2. The summed E-state index contributed by atoms with van der Waals surface area (Å²) >= 11 is 6.41. The fourth-order valence-electron chi connectivity index (χ4n) is 8.15. The van der Waals surface area contributed by atoms with E-state index in [1.165, 1.54) is 11.1 Å². The Labute approximate surface area is 266 Å². The van der Waals surface area contributed by atoms with Crippen LogP contribution in [0.15, 0.2) is 48.6 Å². The predicted molar refractivity (Wildman–Crippen MR) is 173 cm³/mol. The van der Waals surface area contributed by atoms with Crippen LogP contribution < -0.4 is 14.4 Å². The summed E-state index contributed by atoms with van der Waals surface area (Å²) in [5.74, 6) is 0.716. The monoisotopic (exact) mass is 638 g/mol. The Morgan fingerprint density at radius 2 is 1.98 bits per heavy atom. The van der Waals surface area contributed by atoms with Gasteiger partial charge in [0.15, 0.2) is 0 Å². The van der Waals surface area contributed by atoms with E-state index in [0.717, 1.165) is 62.2 Å². The average Bonchev–Trinajstić information content (AvgIpc) is 3.81. The molecule has 1 spiro atoms. The summed E-state index contributed by atoms with van der Waals surface area (Å²) in [5, 5.41) is 11.3. The Kier molecular flexibility index (Phi) is 7.99. The van der Waals surface area contributed by atoms with E-state index in [-0.39, 0.29) is 23.2 Å². The third kappa shape index (κ3) is 5.78. The standard InChI is InChI=1S/C35H43ClN2O5S/c1-22-4-2-6-31(39)28-12-9-26(28)19-38-20-35(15-3-5-24-17-27(36)11-13-29(24)35)21-43-32-14-10-25(18-30(32)38)34(40)37-44(41,42)33(22)16-23-7-8-23/h2,6,10-11,13-14,17-18,22-23,26,28,31,33,39H,3-5,7-9,12,15-16,19-21H2,1H3,(H,37,40)/b6-2+/t22-,26?,28?,31?,33?,35+/m1/s1. The fraction of sp³-hybridized carbons (Fsp3) is 0.571. The third-order valence-electron chi connectivity index (χ3n) is 11.0. The van der Waals surface area contributed by atoms with Gasteiger partial charge in [0.05, 0.1) is 23.6 Å². The number of nitrogens with one attached hydrogen (secondary N) is 1. The van der Waals surface area contributed by atoms with E-state index in [0.29, 0.717) is 43.2 Å². The minimum absolute atomic E-state index is 0.132. The number of ether oxygens (including phenoxy) is 1. The number of rotatable bonds is 2. The molecule has 2 bridgehead atoms. The molecule has 236 valence electrons. The molecule has 2 aromatic rings. The molecule has 0 aromatic heterocycles. The molecule has 2 saturated carbocycles. The van der Waals surface area contributed by atoms with Crippen molar-refractivity contribution in [2.45, 2.75) is 81.5 Å². The summed E-state index contributed by atoms with van der Waals surface area (Å²) in [6.07, 6.45) is 11.4. The number of aliphatic hydroxyl groups is 1. The molecule has 44 heavy (non-hydrogen) atoms. The molecule has 3 aliphatic carbocycles. The number of anilines is 1. The highest BCUT2D eigenvalue weighted by atomic mass is 35.5. The number of aliphatic hydroxyl groups excluding tert-OH is 1. The summed E-state index contributed by atoms with van der Waals surface area (Å²) in [7, 11) is -3.93. The van der Waals surface area contributed by atoms with Gasteiger partial charge in [-0.2, -0.15) is 0 Å². The number of amides is 1. The zero-order chi connectivity index (χ0) is 30.6. The molecular weight excluding hydrogens is 596 g/mol. The van der Waals surface area contributed by atoms with Gasteiger partial charge in [-0.3, -0.25) is 4.79 Å². The molecule has 0 saturated heterocycles. The molecule has 9 heteroatoms. The van der Waals surface area contributed by atoms with Gasteiger partial charge in [0.25, 0.3) is 5.91 Å². The van der Waals surface area contributed by atoms with Crippen molar-refractivity contribution >= 4 is 33.2 Å². The van der Waals surface area contributed by atoms with Crippen LogP contribution in [-0.2, 0) is 21.9 Å². The first-order valence-electron chi connectivity index (χ1n) is 16.3. The maximum Gasteiger partial charge on any atom is 0.264 e. The van der Waals surface area contributed by atoms with Crippen LogP contribution in [0.3, 0.4) is 0 Å². The average molecular weight is 639 g/mol. The molecule has 2 fully saturated rings. The van der Waals surface area contributed by atoms with E-state index in [9.17, 15) is 18.3 Å². The van der Waals surface area contributed by atoms with E-state index < -0.39 is 27.3 Å². The van der Waals surface area contributed by atoms with E-state index in [1.54, 1.807) is 12.1 Å². The first-order chi connectivity index (χ1) is 21.1. The largest absolute Gasteiger partial charge is 0.490 e. The fourth-order valence-corrected chi connectivity index (χ4v) is 10.1. The number of halogens is 1. The molecule has 2 heterocycles. The van der Waals surface area contributed by atoms with E-state index in [2.05, 4.69) is 21.8 Å². The van der Waals surface area contributed by atoms with Gasteiger partial charge < -0.3 is 14.7 Å². The van der Waals surface area contributed by atoms with Crippen molar-refractivity contribution < 1.29 is 23.1 Å². The minimum Gasteiger partial charge on any atom is -0.490 e. The number of carbonyl (C=O) groups excluding carboxylic acids is 1. The van der Waals surface area contributed by atoms with Crippen molar-refractivity contribution in [3.63, 3.8) is 0 Å². The second-order valence-corrected chi connectivity index (χ2v) is 16.4. The Morgan fingerprint density at radius 3 is 2.75 bits per heavy atom. The topological polar surface area (TPSA) is 95.9 Å². The lowest BCUT2D eigenvalue weighted by Gasteiger charge is -2.45. The van der Waals surface area contributed by atoms with Crippen LogP contribution in [0.25, 0.3) is 0 Å². The summed E-state index contributed by atoms with van der Waals surface area (Å²) in [5.41, 5.74) is 3.38. The third-order valence-corrected chi connectivity index (χ3v) is 13.2. The second kappa shape index (κ2) is 11.7. The molecule has 2 N–H and O–H groups in total.